The molecular weight excluding hydrogens is 269 g/mol. The number of hydrogen-bond acceptors (Lipinski definition) is 2. The molecule has 0 aliphatic carbocycles. The summed E-state index contributed by atoms with van der Waals surface area (Å²) in [6.45, 7) is 4.59. The number of anilines is 1. The zero-order valence-electron chi connectivity index (χ0n) is 10.6. The van der Waals surface area contributed by atoms with Crippen LogP contribution in [0.15, 0.2) is 18.2 Å². The highest BCUT2D eigenvalue weighted by atomic mass is 35.5. The van der Waals surface area contributed by atoms with Crippen LogP contribution in [0.3, 0.4) is 0 Å². The minimum atomic E-state index is 0.613. The molecule has 1 heterocycles. The van der Waals surface area contributed by atoms with Gasteiger partial charge in [0, 0.05) is 19.2 Å². The van der Waals surface area contributed by atoms with Gasteiger partial charge in [-0.05, 0) is 31.5 Å². The van der Waals surface area contributed by atoms with E-state index in [0.717, 1.165) is 22.5 Å². The van der Waals surface area contributed by atoms with Gasteiger partial charge >= 0.3 is 0 Å². The van der Waals surface area contributed by atoms with Gasteiger partial charge in [-0.1, -0.05) is 29.3 Å². The highest BCUT2D eigenvalue weighted by Crippen LogP contribution is 2.25. The van der Waals surface area contributed by atoms with Crippen LogP contribution in [0.5, 0.6) is 0 Å². The lowest BCUT2D eigenvalue weighted by molar-refractivity contribution is 0.757. The van der Waals surface area contributed by atoms with Crippen LogP contribution < -0.4 is 5.32 Å². The molecule has 5 heteroatoms. The zero-order chi connectivity index (χ0) is 13.3. The summed E-state index contributed by atoms with van der Waals surface area (Å²) in [5.41, 5.74) is 4.00. The summed E-state index contributed by atoms with van der Waals surface area (Å²) in [5, 5.41) is 8.93. The Labute approximate surface area is 117 Å². The maximum atomic E-state index is 6.18. The summed E-state index contributed by atoms with van der Waals surface area (Å²) in [6, 6.07) is 5.88. The predicted molar refractivity (Wildman–Crippen MR) is 76.5 cm³/mol. The first kappa shape index (κ1) is 13.2. The lowest BCUT2D eigenvalue weighted by Gasteiger charge is -2.09. The van der Waals surface area contributed by atoms with Gasteiger partial charge in [-0.25, -0.2) is 0 Å². The highest BCUT2D eigenvalue weighted by Gasteiger charge is 2.11. The average Bonchev–Trinajstić information content (AvgIpc) is 2.55. The van der Waals surface area contributed by atoms with Crippen molar-refractivity contribution in [2.75, 3.05) is 5.32 Å². The van der Waals surface area contributed by atoms with Crippen molar-refractivity contribution >= 4 is 28.9 Å². The normalized spacial score (nSPS) is 10.7. The molecule has 96 valence electrons. The van der Waals surface area contributed by atoms with Crippen LogP contribution in [-0.4, -0.2) is 9.78 Å². The van der Waals surface area contributed by atoms with Crippen LogP contribution in [0.25, 0.3) is 0 Å². The van der Waals surface area contributed by atoms with Gasteiger partial charge < -0.3 is 5.32 Å². The Kier molecular flexibility index (Phi) is 3.83. The summed E-state index contributed by atoms with van der Waals surface area (Å²) in [7, 11) is 1.83. The van der Waals surface area contributed by atoms with E-state index in [1.54, 1.807) is 4.68 Å². The number of aryl methyl sites for hydroxylation is 3. The predicted octanol–water partition coefficient (Wildman–Crippen LogP) is 3.96. The van der Waals surface area contributed by atoms with Crippen molar-refractivity contribution in [2.45, 2.75) is 20.4 Å². The van der Waals surface area contributed by atoms with E-state index in [2.05, 4.69) is 10.4 Å². The standard InChI is InChI=1S/C13H15Cl2N3/c1-8-4-5-11(14)12(6-8)16-7-10-9(2)17-18(3)13(10)15/h4-6,16H,7H2,1-3H3. The molecule has 2 aromatic rings. The number of halogens is 2. The minimum absolute atomic E-state index is 0.613. The molecule has 0 radical (unpaired) electrons. The number of benzene rings is 1. The Morgan fingerprint density at radius 2 is 2.00 bits per heavy atom. The minimum Gasteiger partial charge on any atom is -0.380 e. The molecule has 0 fully saturated rings. The third-order valence-corrected chi connectivity index (χ3v) is 3.65. The summed E-state index contributed by atoms with van der Waals surface area (Å²) >= 11 is 12.3. The van der Waals surface area contributed by atoms with Crippen LogP contribution >= 0.6 is 23.2 Å². The molecule has 1 aromatic carbocycles. The molecule has 0 bridgehead atoms. The molecule has 1 N–H and O–H groups in total. The van der Waals surface area contributed by atoms with Crippen molar-refractivity contribution in [2.24, 2.45) is 7.05 Å². The van der Waals surface area contributed by atoms with Crippen LogP contribution in [0.2, 0.25) is 10.2 Å². The van der Waals surface area contributed by atoms with Gasteiger partial charge in [0.15, 0.2) is 0 Å². The lowest BCUT2D eigenvalue weighted by Crippen LogP contribution is -2.01. The van der Waals surface area contributed by atoms with E-state index >= 15 is 0 Å². The van der Waals surface area contributed by atoms with Crippen molar-refractivity contribution in [1.82, 2.24) is 9.78 Å². The second kappa shape index (κ2) is 5.21. The van der Waals surface area contributed by atoms with Gasteiger partial charge in [0.1, 0.15) is 5.15 Å². The number of nitrogens with zero attached hydrogens (tertiary/aromatic N) is 2. The summed E-state index contributed by atoms with van der Waals surface area (Å²) in [5.74, 6) is 0. The fourth-order valence-electron chi connectivity index (χ4n) is 1.83. The van der Waals surface area contributed by atoms with Crippen molar-refractivity contribution < 1.29 is 0 Å². The third kappa shape index (κ3) is 2.62. The first-order chi connectivity index (χ1) is 8.49. The molecule has 1 aromatic heterocycles. The topological polar surface area (TPSA) is 29.9 Å². The Morgan fingerprint density at radius 3 is 2.61 bits per heavy atom. The fourth-order valence-corrected chi connectivity index (χ4v) is 2.26. The van der Waals surface area contributed by atoms with Gasteiger partial charge in [0.25, 0.3) is 0 Å². The van der Waals surface area contributed by atoms with Gasteiger partial charge in [-0.3, -0.25) is 4.68 Å². The average molecular weight is 284 g/mol. The van der Waals surface area contributed by atoms with Crippen molar-refractivity contribution in [3.63, 3.8) is 0 Å². The number of aromatic nitrogens is 2. The molecule has 0 saturated carbocycles. The molecule has 0 unspecified atom stereocenters. The van der Waals surface area contributed by atoms with Crippen molar-refractivity contribution in [1.29, 1.82) is 0 Å². The monoisotopic (exact) mass is 283 g/mol. The van der Waals surface area contributed by atoms with E-state index in [1.165, 1.54) is 0 Å². The molecule has 3 nitrogen and oxygen atoms in total. The van der Waals surface area contributed by atoms with E-state index in [-0.39, 0.29) is 0 Å². The molecule has 0 aliphatic rings. The summed E-state index contributed by atoms with van der Waals surface area (Å²) in [6.07, 6.45) is 0. The zero-order valence-corrected chi connectivity index (χ0v) is 12.1. The van der Waals surface area contributed by atoms with Gasteiger partial charge in [-0.2, -0.15) is 5.10 Å². The van der Waals surface area contributed by atoms with Crippen LogP contribution in [-0.2, 0) is 13.6 Å². The quantitative estimate of drug-likeness (QED) is 0.924. The Hall–Kier alpha value is -1.19. The maximum Gasteiger partial charge on any atom is 0.131 e. The van der Waals surface area contributed by atoms with E-state index in [1.807, 2.05) is 39.1 Å². The van der Waals surface area contributed by atoms with Crippen LogP contribution in [0.4, 0.5) is 5.69 Å². The smallest absolute Gasteiger partial charge is 0.131 e. The molecule has 0 atom stereocenters. The summed E-state index contributed by atoms with van der Waals surface area (Å²) in [4.78, 5) is 0. The van der Waals surface area contributed by atoms with Gasteiger partial charge in [-0.15, -0.1) is 0 Å². The molecule has 0 amide bonds. The van der Waals surface area contributed by atoms with E-state index < -0.39 is 0 Å². The molecule has 2 rings (SSSR count). The Morgan fingerprint density at radius 1 is 1.28 bits per heavy atom. The summed E-state index contributed by atoms with van der Waals surface area (Å²) < 4.78 is 1.67. The van der Waals surface area contributed by atoms with Crippen molar-refractivity contribution in [3.05, 3.63) is 45.2 Å². The van der Waals surface area contributed by atoms with E-state index in [0.29, 0.717) is 16.7 Å². The highest BCUT2D eigenvalue weighted by molar-refractivity contribution is 6.33. The maximum absolute atomic E-state index is 6.18. The second-order valence-corrected chi connectivity index (χ2v) is 5.08. The molecule has 0 saturated heterocycles. The SMILES string of the molecule is Cc1ccc(Cl)c(NCc2c(C)nn(C)c2Cl)c1. The Bertz CT molecular complexity index is 576. The number of hydrogen-bond donors (Lipinski definition) is 1. The Balaban J connectivity index is 2.19. The van der Waals surface area contributed by atoms with Gasteiger partial charge in [0.2, 0.25) is 0 Å². The lowest BCUT2D eigenvalue weighted by atomic mass is 10.2. The molecular formula is C13H15Cl2N3. The van der Waals surface area contributed by atoms with Gasteiger partial charge in [0.05, 0.1) is 16.4 Å². The third-order valence-electron chi connectivity index (χ3n) is 2.85. The first-order valence-corrected chi connectivity index (χ1v) is 6.42. The molecule has 18 heavy (non-hydrogen) atoms. The van der Waals surface area contributed by atoms with Crippen molar-refractivity contribution in [3.8, 4) is 0 Å². The fraction of sp³-hybridized carbons (Fsp3) is 0.308. The molecule has 0 spiro atoms. The first-order valence-electron chi connectivity index (χ1n) is 5.67. The largest absolute Gasteiger partial charge is 0.380 e. The number of rotatable bonds is 3. The van der Waals surface area contributed by atoms with E-state index in [4.69, 9.17) is 23.2 Å². The number of nitrogens with one attached hydrogen (secondary N) is 1. The second-order valence-electron chi connectivity index (χ2n) is 4.32. The van der Waals surface area contributed by atoms with E-state index in [9.17, 15) is 0 Å². The molecule has 0 aliphatic heterocycles. The van der Waals surface area contributed by atoms with Crippen LogP contribution in [0, 0.1) is 13.8 Å². The van der Waals surface area contributed by atoms with Crippen LogP contribution in [0.1, 0.15) is 16.8 Å².